The molecular weight excluding hydrogens is 344 g/mol. The molecule has 2 aliphatic rings. The topological polar surface area (TPSA) is 39.7 Å². The summed E-state index contributed by atoms with van der Waals surface area (Å²) in [5, 5.41) is 7.79. The van der Waals surface area contributed by atoms with Gasteiger partial charge >= 0.3 is 0 Å². The summed E-state index contributed by atoms with van der Waals surface area (Å²) in [5.74, 6) is 1.45. The number of nitrogens with zero attached hydrogens (tertiary/aromatic N) is 2. The molecule has 0 radical (unpaired) electrons. The molecule has 2 N–H and O–H groups in total. The van der Waals surface area contributed by atoms with Gasteiger partial charge in [0, 0.05) is 30.2 Å². The fourth-order valence-corrected chi connectivity index (χ4v) is 4.32. The van der Waals surface area contributed by atoms with Crippen molar-refractivity contribution >= 4 is 17.6 Å². The highest BCUT2D eigenvalue weighted by Crippen LogP contribution is 2.36. The van der Waals surface area contributed by atoms with Gasteiger partial charge in [-0.25, -0.2) is 0 Å². The lowest BCUT2D eigenvalue weighted by atomic mass is 9.85. The van der Waals surface area contributed by atoms with Crippen LogP contribution in [0, 0.1) is 5.92 Å². The minimum Gasteiger partial charge on any atom is -0.357 e. The number of benzene rings is 1. The van der Waals surface area contributed by atoms with Gasteiger partial charge < -0.3 is 10.6 Å². The molecule has 1 aromatic carbocycles. The third kappa shape index (κ3) is 5.01. The number of guanidine groups is 1. The normalized spacial score (nSPS) is 24.8. The van der Waals surface area contributed by atoms with E-state index in [0.29, 0.717) is 18.0 Å². The second kappa shape index (κ2) is 9.43. The molecule has 0 saturated carbocycles. The molecule has 26 heavy (non-hydrogen) atoms. The summed E-state index contributed by atoms with van der Waals surface area (Å²) in [6, 6.07) is 9.16. The lowest BCUT2D eigenvalue weighted by Gasteiger charge is -2.39. The molecule has 0 bridgehead atoms. The zero-order chi connectivity index (χ0) is 18.4. The van der Waals surface area contributed by atoms with Crippen LogP contribution >= 0.6 is 11.6 Å². The second-order valence-corrected chi connectivity index (χ2v) is 7.82. The van der Waals surface area contributed by atoms with Crippen LogP contribution in [-0.4, -0.2) is 43.6 Å². The van der Waals surface area contributed by atoms with Crippen LogP contribution in [0.25, 0.3) is 0 Å². The van der Waals surface area contributed by atoms with Crippen molar-refractivity contribution in [2.24, 2.45) is 10.9 Å². The number of nitrogens with one attached hydrogen (secondary N) is 2. The summed E-state index contributed by atoms with van der Waals surface area (Å²) in [5.41, 5.74) is 1.30. The third-order valence-electron chi connectivity index (χ3n) is 5.37. The Bertz CT molecular complexity index is 635. The van der Waals surface area contributed by atoms with Gasteiger partial charge in [-0.15, -0.1) is 0 Å². The molecule has 2 atom stereocenters. The zero-order valence-corrected chi connectivity index (χ0v) is 16.7. The van der Waals surface area contributed by atoms with Crippen molar-refractivity contribution in [1.29, 1.82) is 0 Å². The van der Waals surface area contributed by atoms with Gasteiger partial charge in [-0.1, -0.05) is 35.9 Å². The lowest BCUT2D eigenvalue weighted by molar-refractivity contribution is 0.125. The maximum Gasteiger partial charge on any atom is 0.191 e. The van der Waals surface area contributed by atoms with Crippen molar-refractivity contribution in [3.63, 3.8) is 0 Å². The van der Waals surface area contributed by atoms with E-state index in [-0.39, 0.29) is 0 Å². The molecule has 142 valence electrons. The van der Waals surface area contributed by atoms with E-state index in [4.69, 9.17) is 16.6 Å². The van der Waals surface area contributed by atoms with Crippen LogP contribution in [0.4, 0.5) is 0 Å². The average molecular weight is 375 g/mol. The van der Waals surface area contributed by atoms with Crippen LogP contribution in [0.3, 0.4) is 0 Å². The van der Waals surface area contributed by atoms with E-state index in [1.807, 2.05) is 6.07 Å². The Morgan fingerprint density at radius 1 is 1.31 bits per heavy atom. The molecule has 3 rings (SSSR count). The van der Waals surface area contributed by atoms with E-state index >= 15 is 0 Å². The molecular formula is C21H31ClN4. The molecule has 1 aromatic rings. The van der Waals surface area contributed by atoms with Crippen LogP contribution in [0.2, 0.25) is 5.02 Å². The molecule has 4 nitrogen and oxygen atoms in total. The number of rotatable bonds is 5. The molecule has 1 aliphatic heterocycles. The highest BCUT2D eigenvalue weighted by molar-refractivity contribution is 6.30. The maximum absolute atomic E-state index is 6.25. The molecule has 0 aromatic heterocycles. The predicted molar refractivity (Wildman–Crippen MR) is 111 cm³/mol. The molecule has 5 heteroatoms. The number of piperidine rings is 1. The molecule has 1 saturated heterocycles. The summed E-state index contributed by atoms with van der Waals surface area (Å²) in [7, 11) is 2.22. The molecule has 2 unspecified atom stereocenters. The first-order valence-electron chi connectivity index (χ1n) is 9.83. The Labute approximate surface area is 162 Å². The summed E-state index contributed by atoms with van der Waals surface area (Å²) >= 11 is 6.25. The van der Waals surface area contributed by atoms with E-state index < -0.39 is 0 Å². The van der Waals surface area contributed by atoms with E-state index in [0.717, 1.165) is 43.5 Å². The standard InChI is InChI=1S/C21H31ClN4/c1-3-23-21(25-19-11-4-5-12-19)24-15-17-9-7-13-26(2)20(17)16-8-6-10-18(22)14-16/h4-6,8,10,14,17,19-20H,3,7,9,11-13,15H2,1-2H3,(H2,23,24,25). The van der Waals surface area contributed by atoms with Gasteiger partial charge in [-0.05, 0) is 69.8 Å². The van der Waals surface area contributed by atoms with Gasteiger partial charge in [-0.3, -0.25) is 9.89 Å². The van der Waals surface area contributed by atoms with Crippen LogP contribution in [0.5, 0.6) is 0 Å². The molecule has 0 amide bonds. The molecule has 0 spiro atoms. The van der Waals surface area contributed by atoms with Gasteiger partial charge in [0.05, 0.1) is 0 Å². The van der Waals surface area contributed by atoms with Crippen LogP contribution in [0.1, 0.15) is 44.2 Å². The number of likely N-dealkylation sites (tertiary alicyclic amines) is 1. The first-order chi connectivity index (χ1) is 12.7. The predicted octanol–water partition coefficient (Wildman–Crippen LogP) is 4.00. The van der Waals surface area contributed by atoms with E-state index in [1.54, 1.807) is 0 Å². The number of hydrogen-bond donors (Lipinski definition) is 2. The Balaban J connectivity index is 1.71. The molecule has 1 aliphatic carbocycles. The number of halogens is 1. The van der Waals surface area contributed by atoms with Crippen molar-refractivity contribution < 1.29 is 0 Å². The second-order valence-electron chi connectivity index (χ2n) is 7.39. The minimum absolute atomic E-state index is 0.377. The van der Waals surface area contributed by atoms with Crippen LogP contribution in [-0.2, 0) is 0 Å². The Hall–Kier alpha value is -1.52. The third-order valence-corrected chi connectivity index (χ3v) is 5.61. The fourth-order valence-electron chi connectivity index (χ4n) is 4.13. The summed E-state index contributed by atoms with van der Waals surface area (Å²) in [6.45, 7) is 4.96. The SMILES string of the molecule is CCNC(=NCC1CCCN(C)C1c1cccc(Cl)c1)NC1CC=CC1. The van der Waals surface area contributed by atoms with Crippen LogP contribution in [0.15, 0.2) is 41.4 Å². The van der Waals surface area contributed by atoms with E-state index in [2.05, 4.69) is 59.9 Å². The van der Waals surface area contributed by atoms with Crippen molar-refractivity contribution in [1.82, 2.24) is 15.5 Å². The number of aliphatic imine (C=N–C) groups is 1. The Kier molecular flexibility index (Phi) is 6.98. The lowest BCUT2D eigenvalue weighted by Crippen LogP contribution is -2.43. The van der Waals surface area contributed by atoms with Gasteiger partial charge in [-0.2, -0.15) is 0 Å². The minimum atomic E-state index is 0.377. The first kappa shape index (κ1) is 19.2. The van der Waals surface area contributed by atoms with Gasteiger partial charge in [0.1, 0.15) is 0 Å². The molecule has 1 fully saturated rings. The highest BCUT2D eigenvalue weighted by Gasteiger charge is 2.30. The maximum atomic E-state index is 6.25. The van der Waals surface area contributed by atoms with E-state index in [1.165, 1.54) is 18.4 Å². The van der Waals surface area contributed by atoms with E-state index in [9.17, 15) is 0 Å². The molecule has 1 heterocycles. The summed E-state index contributed by atoms with van der Waals surface area (Å²) < 4.78 is 0. The van der Waals surface area contributed by atoms with Gasteiger partial charge in [0.15, 0.2) is 5.96 Å². The Morgan fingerprint density at radius 2 is 2.12 bits per heavy atom. The summed E-state index contributed by atoms with van der Waals surface area (Å²) in [4.78, 5) is 7.40. The average Bonchev–Trinajstić information content (AvgIpc) is 3.13. The van der Waals surface area contributed by atoms with Gasteiger partial charge in [0.25, 0.3) is 0 Å². The van der Waals surface area contributed by atoms with Gasteiger partial charge in [0.2, 0.25) is 0 Å². The monoisotopic (exact) mass is 374 g/mol. The summed E-state index contributed by atoms with van der Waals surface area (Å²) in [6.07, 6.45) is 9.09. The largest absolute Gasteiger partial charge is 0.357 e. The quantitative estimate of drug-likeness (QED) is 0.465. The highest BCUT2D eigenvalue weighted by atomic mass is 35.5. The fraction of sp³-hybridized carbons (Fsp3) is 0.571. The van der Waals surface area contributed by atoms with Crippen molar-refractivity contribution in [2.75, 3.05) is 26.7 Å². The van der Waals surface area contributed by atoms with Crippen LogP contribution < -0.4 is 10.6 Å². The zero-order valence-electron chi connectivity index (χ0n) is 15.9. The number of hydrogen-bond acceptors (Lipinski definition) is 2. The Morgan fingerprint density at radius 3 is 2.85 bits per heavy atom. The van der Waals surface area contributed by atoms with Crippen molar-refractivity contribution in [3.05, 3.63) is 47.0 Å². The van der Waals surface area contributed by atoms with Crippen molar-refractivity contribution in [3.8, 4) is 0 Å². The van der Waals surface area contributed by atoms with Crippen molar-refractivity contribution in [2.45, 2.75) is 44.7 Å². The smallest absolute Gasteiger partial charge is 0.191 e. The first-order valence-corrected chi connectivity index (χ1v) is 10.2.